The van der Waals surface area contributed by atoms with Crippen LogP contribution in [0.5, 0.6) is 0 Å². The topological polar surface area (TPSA) is 79.5 Å². The fraction of sp³-hybridized carbons (Fsp3) is 0.429. The van der Waals surface area contributed by atoms with E-state index in [1.807, 2.05) is 7.05 Å². The van der Waals surface area contributed by atoms with Crippen LogP contribution in [0, 0.1) is 6.92 Å². The molecular formula is C14H16N4O3. The van der Waals surface area contributed by atoms with Gasteiger partial charge in [-0.25, -0.2) is 9.78 Å². The lowest BCUT2D eigenvalue weighted by atomic mass is 10.2. The summed E-state index contributed by atoms with van der Waals surface area (Å²) in [7, 11) is 2.01. The molecule has 0 aromatic carbocycles. The van der Waals surface area contributed by atoms with Crippen LogP contribution in [0.15, 0.2) is 21.5 Å². The van der Waals surface area contributed by atoms with Crippen molar-refractivity contribution < 1.29 is 9.21 Å². The second kappa shape index (κ2) is 5.25. The highest BCUT2D eigenvalue weighted by molar-refractivity contribution is 5.96. The molecule has 2 aromatic rings. The quantitative estimate of drug-likeness (QED) is 0.750. The molecule has 0 N–H and O–H groups in total. The maximum atomic E-state index is 12.4. The smallest absolute Gasteiger partial charge is 0.350 e. The number of hydrogen-bond donors (Lipinski definition) is 0. The molecule has 7 heteroatoms. The first kappa shape index (κ1) is 13.7. The van der Waals surface area contributed by atoms with E-state index in [2.05, 4.69) is 14.9 Å². The van der Waals surface area contributed by atoms with Crippen LogP contribution in [0.25, 0.3) is 11.1 Å². The highest BCUT2D eigenvalue weighted by Gasteiger charge is 2.23. The highest BCUT2D eigenvalue weighted by Crippen LogP contribution is 2.12. The normalized spacial score (nSPS) is 16.4. The van der Waals surface area contributed by atoms with Gasteiger partial charge in [0.05, 0.1) is 5.39 Å². The lowest BCUT2D eigenvalue weighted by Crippen LogP contribution is -2.48. The molecule has 3 heterocycles. The van der Waals surface area contributed by atoms with E-state index in [1.165, 1.54) is 6.07 Å². The van der Waals surface area contributed by atoms with Crippen LogP contribution in [0.2, 0.25) is 0 Å². The van der Waals surface area contributed by atoms with Crippen molar-refractivity contribution in [1.82, 2.24) is 19.8 Å². The van der Waals surface area contributed by atoms with E-state index in [9.17, 15) is 9.59 Å². The largest absolute Gasteiger partial charge is 0.403 e. The molecule has 0 aliphatic carbocycles. The van der Waals surface area contributed by atoms with Crippen molar-refractivity contribution >= 4 is 17.0 Å². The fourth-order valence-corrected chi connectivity index (χ4v) is 2.33. The van der Waals surface area contributed by atoms with E-state index in [1.54, 1.807) is 18.0 Å². The van der Waals surface area contributed by atoms with Gasteiger partial charge in [-0.2, -0.15) is 4.98 Å². The van der Waals surface area contributed by atoms with Gasteiger partial charge >= 0.3 is 5.63 Å². The number of amides is 1. The Labute approximate surface area is 121 Å². The summed E-state index contributed by atoms with van der Waals surface area (Å²) in [5, 5.41) is 0.553. The zero-order chi connectivity index (χ0) is 15.0. The summed E-state index contributed by atoms with van der Waals surface area (Å²) < 4.78 is 5.14. The molecule has 0 saturated carbocycles. The van der Waals surface area contributed by atoms with E-state index in [0.717, 1.165) is 13.1 Å². The molecule has 1 fully saturated rings. The molecule has 0 atom stereocenters. The van der Waals surface area contributed by atoms with Crippen molar-refractivity contribution in [1.29, 1.82) is 0 Å². The Kier molecular flexibility index (Phi) is 3.42. The third kappa shape index (κ3) is 2.64. The van der Waals surface area contributed by atoms with Crippen molar-refractivity contribution in [3.8, 4) is 0 Å². The number of rotatable bonds is 1. The molecule has 1 aliphatic rings. The number of nitrogens with zero attached hydrogens (tertiary/aromatic N) is 4. The number of piperazine rings is 1. The number of aryl methyl sites for hydroxylation is 1. The van der Waals surface area contributed by atoms with Gasteiger partial charge < -0.3 is 14.2 Å². The van der Waals surface area contributed by atoms with Gasteiger partial charge in [0.25, 0.3) is 5.91 Å². The van der Waals surface area contributed by atoms with E-state index in [-0.39, 0.29) is 17.2 Å². The third-order valence-corrected chi connectivity index (χ3v) is 3.63. The molecule has 1 saturated heterocycles. The van der Waals surface area contributed by atoms with Crippen molar-refractivity contribution in [3.05, 3.63) is 34.1 Å². The Hall–Kier alpha value is -2.28. The first-order valence-corrected chi connectivity index (χ1v) is 6.80. The van der Waals surface area contributed by atoms with Crippen LogP contribution >= 0.6 is 0 Å². The van der Waals surface area contributed by atoms with Gasteiger partial charge in [0.1, 0.15) is 11.4 Å². The summed E-state index contributed by atoms with van der Waals surface area (Å²) in [5.41, 5.74) is -0.397. The molecular weight excluding hydrogens is 272 g/mol. The molecule has 3 rings (SSSR count). The molecule has 110 valence electrons. The first-order chi connectivity index (χ1) is 10.0. The summed E-state index contributed by atoms with van der Waals surface area (Å²) in [6.07, 6.45) is 1.56. The fourth-order valence-electron chi connectivity index (χ4n) is 2.33. The Bertz CT molecular complexity index is 747. The molecule has 0 radical (unpaired) electrons. The molecule has 1 amide bonds. The summed E-state index contributed by atoms with van der Waals surface area (Å²) in [4.78, 5) is 36.4. The highest BCUT2D eigenvalue weighted by atomic mass is 16.4. The number of carbonyl (C=O) groups is 1. The summed E-state index contributed by atoms with van der Waals surface area (Å²) in [6, 6.07) is 1.52. The van der Waals surface area contributed by atoms with Crippen LogP contribution in [0.4, 0.5) is 0 Å². The Morgan fingerprint density at radius 1 is 1.29 bits per heavy atom. The zero-order valence-corrected chi connectivity index (χ0v) is 12.0. The van der Waals surface area contributed by atoms with E-state index in [4.69, 9.17) is 4.42 Å². The number of aromatic nitrogens is 2. The van der Waals surface area contributed by atoms with Gasteiger partial charge in [0.15, 0.2) is 0 Å². The van der Waals surface area contributed by atoms with E-state index < -0.39 is 5.63 Å². The summed E-state index contributed by atoms with van der Waals surface area (Å²) in [5.74, 6) is 0.225. The van der Waals surface area contributed by atoms with Gasteiger partial charge in [-0.05, 0) is 20.0 Å². The number of fused-ring (bicyclic) bond motifs is 1. The van der Waals surface area contributed by atoms with Crippen molar-refractivity contribution in [2.45, 2.75) is 6.92 Å². The molecule has 1 aliphatic heterocycles. The van der Waals surface area contributed by atoms with Crippen LogP contribution in [-0.4, -0.2) is 58.9 Å². The van der Waals surface area contributed by atoms with E-state index >= 15 is 0 Å². The average molecular weight is 288 g/mol. The molecule has 0 spiro atoms. The SMILES string of the molecule is Cc1ncc2cc(C(=O)N3CCN(C)CC3)c(=O)oc2n1. The van der Waals surface area contributed by atoms with Gasteiger partial charge in [0.2, 0.25) is 5.71 Å². The van der Waals surface area contributed by atoms with Gasteiger partial charge in [-0.3, -0.25) is 4.79 Å². The third-order valence-electron chi connectivity index (χ3n) is 3.63. The Balaban J connectivity index is 1.96. The molecule has 0 bridgehead atoms. The summed E-state index contributed by atoms with van der Waals surface area (Å²) in [6.45, 7) is 4.52. The average Bonchev–Trinajstić information content (AvgIpc) is 2.46. The summed E-state index contributed by atoms with van der Waals surface area (Å²) >= 11 is 0. The molecule has 21 heavy (non-hydrogen) atoms. The first-order valence-electron chi connectivity index (χ1n) is 6.80. The minimum absolute atomic E-state index is 0.0412. The number of carbonyl (C=O) groups excluding carboxylic acids is 1. The van der Waals surface area contributed by atoms with Gasteiger partial charge in [0, 0.05) is 32.4 Å². The van der Waals surface area contributed by atoms with Gasteiger partial charge in [-0.15, -0.1) is 0 Å². The van der Waals surface area contributed by atoms with Gasteiger partial charge in [-0.1, -0.05) is 0 Å². The molecule has 2 aromatic heterocycles. The maximum Gasteiger partial charge on any atom is 0.350 e. The molecule has 7 nitrogen and oxygen atoms in total. The van der Waals surface area contributed by atoms with Crippen LogP contribution in [0.3, 0.4) is 0 Å². The van der Waals surface area contributed by atoms with Crippen LogP contribution in [0.1, 0.15) is 16.2 Å². The van der Waals surface area contributed by atoms with Crippen molar-refractivity contribution in [2.24, 2.45) is 0 Å². The minimum atomic E-state index is -0.649. The Morgan fingerprint density at radius 2 is 2.00 bits per heavy atom. The monoisotopic (exact) mass is 288 g/mol. The van der Waals surface area contributed by atoms with Crippen LogP contribution in [-0.2, 0) is 0 Å². The van der Waals surface area contributed by atoms with E-state index in [0.29, 0.717) is 24.3 Å². The number of hydrogen-bond acceptors (Lipinski definition) is 6. The maximum absolute atomic E-state index is 12.4. The standard InChI is InChI=1S/C14H16N4O3/c1-9-15-8-10-7-11(14(20)21-12(10)16-9)13(19)18-5-3-17(2)4-6-18/h7-8H,3-6H2,1-2H3. The second-order valence-electron chi connectivity index (χ2n) is 5.22. The minimum Gasteiger partial charge on any atom is -0.403 e. The predicted octanol–water partition coefficient (Wildman–Crippen LogP) is 0.279. The van der Waals surface area contributed by atoms with Crippen molar-refractivity contribution in [2.75, 3.05) is 33.2 Å². The number of likely N-dealkylation sites (N-methyl/N-ethyl adjacent to an activating group) is 1. The Morgan fingerprint density at radius 3 is 2.71 bits per heavy atom. The second-order valence-corrected chi connectivity index (χ2v) is 5.22. The zero-order valence-electron chi connectivity index (χ0n) is 12.0. The lowest BCUT2D eigenvalue weighted by Gasteiger charge is -2.32. The molecule has 0 unspecified atom stereocenters. The predicted molar refractivity (Wildman–Crippen MR) is 76.2 cm³/mol. The van der Waals surface area contributed by atoms with Crippen LogP contribution < -0.4 is 5.63 Å². The lowest BCUT2D eigenvalue weighted by molar-refractivity contribution is 0.0660. The van der Waals surface area contributed by atoms with Crippen molar-refractivity contribution in [3.63, 3.8) is 0 Å².